The topological polar surface area (TPSA) is 67.6 Å². The molecule has 0 bridgehead atoms. The molecule has 0 aliphatic carbocycles. The van der Waals surface area contributed by atoms with Crippen LogP contribution in [-0.2, 0) is 6.54 Å². The van der Waals surface area contributed by atoms with Crippen molar-refractivity contribution in [3.63, 3.8) is 0 Å². The Bertz CT molecular complexity index is 907. The lowest BCUT2D eigenvalue weighted by Gasteiger charge is -2.11. The lowest BCUT2D eigenvalue weighted by Crippen LogP contribution is -2.25. The first-order valence-corrected chi connectivity index (χ1v) is 8.70. The maximum Gasteiger partial charge on any atom is 0.259 e. The van der Waals surface area contributed by atoms with Crippen LogP contribution in [0, 0.1) is 5.82 Å². The van der Waals surface area contributed by atoms with E-state index >= 15 is 0 Å². The number of aromatic nitrogens is 1. The zero-order chi connectivity index (χ0) is 18.7. The minimum atomic E-state index is -0.493. The molecule has 0 atom stereocenters. The Balaban J connectivity index is 1.97. The number of ether oxygens (including phenoxy) is 1. The summed E-state index contributed by atoms with van der Waals surface area (Å²) in [6, 6.07) is 8.13. The molecule has 0 saturated carbocycles. The van der Waals surface area contributed by atoms with Crippen LogP contribution in [0.2, 0.25) is 0 Å². The number of carbonyl (C=O) groups excluding carboxylic acids is 1. The summed E-state index contributed by atoms with van der Waals surface area (Å²) in [5, 5.41) is 8.81. The van der Waals surface area contributed by atoms with Crippen LogP contribution in [0.5, 0.6) is 5.75 Å². The smallest absolute Gasteiger partial charge is 0.259 e. The van der Waals surface area contributed by atoms with Crippen molar-refractivity contribution in [1.29, 1.82) is 0 Å². The third kappa shape index (κ3) is 3.55. The van der Waals surface area contributed by atoms with E-state index in [4.69, 9.17) is 9.26 Å². The predicted octanol–water partition coefficient (Wildman–Crippen LogP) is 3.55. The van der Waals surface area contributed by atoms with Crippen molar-refractivity contribution in [3.8, 4) is 17.1 Å². The number of amides is 1. The van der Waals surface area contributed by atoms with E-state index in [1.54, 1.807) is 30.3 Å². The summed E-state index contributed by atoms with van der Waals surface area (Å²) in [7, 11) is 4.91. The van der Waals surface area contributed by atoms with Gasteiger partial charge in [-0.15, -0.1) is 11.3 Å². The molecule has 8 heteroatoms. The molecule has 1 aromatic carbocycles. The number of hydrogen-bond acceptors (Lipinski definition) is 6. The Morgan fingerprint density at radius 2 is 2.19 bits per heavy atom. The van der Waals surface area contributed by atoms with Crippen LogP contribution in [0.3, 0.4) is 0 Å². The number of nitrogens with zero attached hydrogens (tertiary/aromatic N) is 2. The van der Waals surface area contributed by atoms with Crippen LogP contribution in [-0.4, -0.2) is 32.3 Å². The molecule has 0 saturated heterocycles. The molecule has 3 rings (SSSR count). The normalized spacial score (nSPS) is 10.6. The summed E-state index contributed by atoms with van der Waals surface area (Å²) in [4.78, 5) is 15.5. The van der Waals surface area contributed by atoms with Gasteiger partial charge in [-0.05, 0) is 29.6 Å². The van der Waals surface area contributed by atoms with Crippen LogP contribution in [0.1, 0.15) is 15.2 Å². The molecule has 1 N–H and O–H groups in total. The van der Waals surface area contributed by atoms with E-state index in [2.05, 4.69) is 10.5 Å². The molecule has 3 aromatic rings. The first-order chi connectivity index (χ1) is 12.5. The SMILES string of the molecule is COc1cc(-c2onc(N(C)C)c2C(=O)NCc2cccs2)ccc1F. The number of methoxy groups -OCH3 is 1. The second kappa shape index (κ2) is 7.57. The van der Waals surface area contributed by atoms with E-state index in [0.29, 0.717) is 23.5 Å². The third-order valence-corrected chi connectivity index (χ3v) is 4.62. The molecule has 26 heavy (non-hydrogen) atoms. The van der Waals surface area contributed by atoms with Crippen molar-refractivity contribution in [2.45, 2.75) is 6.54 Å². The van der Waals surface area contributed by atoms with Gasteiger partial charge < -0.3 is 19.5 Å². The van der Waals surface area contributed by atoms with Crippen LogP contribution >= 0.6 is 11.3 Å². The summed E-state index contributed by atoms with van der Waals surface area (Å²) in [6.07, 6.45) is 0. The Morgan fingerprint density at radius 1 is 1.38 bits per heavy atom. The highest BCUT2D eigenvalue weighted by Crippen LogP contribution is 2.33. The quantitative estimate of drug-likeness (QED) is 0.714. The molecule has 0 unspecified atom stereocenters. The highest BCUT2D eigenvalue weighted by Gasteiger charge is 2.26. The number of rotatable bonds is 6. The maximum absolute atomic E-state index is 13.7. The van der Waals surface area contributed by atoms with Gasteiger partial charge >= 0.3 is 0 Å². The number of nitrogens with one attached hydrogen (secondary N) is 1. The van der Waals surface area contributed by atoms with Gasteiger partial charge in [-0.1, -0.05) is 11.2 Å². The van der Waals surface area contributed by atoms with Crippen LogP contribution in [0.25, 0.3) is 11.3 Å². The van der Waals surface area contributed by atoms with Crippen LogP contribution in [0.4, 0.5) is 10.2 Å². The van der Waals surface area contributed by atoms with Crippen molar-refractivity contribution in [2.24, 2.45) is 0 Å². The van der Waals surface area contributed by atoms with Gasteiger partial charge in [0.15, 0.2) is 23.1 Å². The summed E-state index contributed by atoms with van der Waals surface area (Å²) in [6.45, 7) is 0.403. The molecule has 2 heterocycles. The second-order valence-electron chi connectivity index (χ2n) is 5.72. The molecule has 0 radical (unpaired) electrons. The monoisotopic (exact) mass is 375 g/mol. The number of benzene rings is 1. The van der Waals surface area contributed by atoms with E-state index < -0.39 is 5.82 Å². The zero-order valence-corrected chi connectivity index (χ0v) is 15.4. The van der Waals surface area contributed by atoms with Gasteiger partial charge in [0.1, 0.15) is 5.56 Å². The molecular weight excluding hydrogens is 357 g/mol. The molecule has 136 valence electrons. The summed E-state index contributed by atoms with van der Waals surface area (Å²) in [5.74, 6) is -0.0909. The Kier molecular flexibility index (Phi) is 5.22. The third-order valence-electron chi connectivity index (χ3n) is 3.74. The van der Waals surface area contributed by atoms with E-state index in [0.717, 1.165) is 4.88 Å². The molecule has 0 aliphatic heterocycles. The van der Waals surface area contributed by atoms with E-state index in [-0.39, 0.29) is 17.4 Å². The van der Waals surface area contributed by atoms with Crippen molar-refractivity contribution in [2.75, 3.05) is 26.1 Å². The number of hydrogen-bond donors (Lipinski definition) is 1. The van der Waals surface area contributed by atoms with E-state index in [1.165, 1.54) is 25.3 Å². The van der Waals surface area contributed by atoms with Crippen molar-refractivity contribution >= 4 is 23.1 Å². The molecule has 2 aromatic heterocycles. The highest BCUT2D eigenvalue weighted by molar-refractivity contribution is 7.09. The number of carbonyl (C=O) groups is 1. The fraction of sp³-hybridized carbons (Fsp3) is 0.222. The Morgan fingerprint density at radius 3 is 2.85 bits per heavy atom. The minimum absolute atomic E-state index is 0.0650. The van der Waals surface area contributed by atoms with Crippen molar-refractivity contribution in [3.05, 3.63) is 52.0 Å². The average Bonchev–Trinajstić information content (AvgIpc) is 3.29. The van der Waals surface area contributed by atoms with Crippen LogP contribution in [0.15, 0.2) is 40.2 Å². The first-order valence-electron chi connectivity index (χ1n) is 7.82. The maximum atomic E-state index is 13.7. The molecule has 0 spiro atoms. The van der Waals surface area contributed by atoms with Gasteiger partial charge in [0.05, 0.1) is 13.7 Å². The summed E-state index contributed by atoms with van der Waals surface area (Å²) < 4.78 is 24.1. The number of thiophene rings is 1. The minimum Gasteiger partial charge on any atom is -0.494 e. The van der Waals surface area contributed by atoms with Gasteiger partial charge in [-0.2, -0.15) is 0 Å². The fourth-order valence-corrected chi connectivity index (χ4v) is 3.10. The molecular formula is C18H18FN3O3S. The predicted molar refractivity (Wildman–Crippen MR) is 98.3 cm³/mol. The van der Waals surface area contributed by atoms with Gasteiger partial charge in [0.2, 0.25) is 0 Å². The Labute approximate surface area is 154 Å². The lowest BCUT2D eigenvalue weighted by molar-refractivity contribution is 0.0952. The number of halogens is 1. The molecule has 0 fully saturated rings. The fourth-order valence-electron chi connectivity index (χ4n) is 2.46. The van der Waals surface area contributed by atoms with Crippen molar-refractivity contribution < 1.29 is 18.4 Å². The zero-order valence-electron chi connectivity index (χ0n) is 14.6. The number of anilines is 1. The highest BCUT2D eigenvalue weighted by atomic mass is 32.1. The van der Waals surface area contributed by atoms with E-state index in [9.17, 15) is 9.18 Å². The van der Waals surface area contributed by atoms with Crippen molar-refractivity contribution in [1.82, 2.24) is 10.5 Å². The first kappa shape index (κ1) is 17.9. The second-order valence-corrected chi connectivity index (χ2v) is 6.75. The molecule has 0 aliphatic rings. The molecule has 1 amide bonds. The van der Waals surface area contributed by atoms with Crippen LogP contribution < -0.4 is 15.0 Å². The van der Waals surface area contributed by atoms with Gasteiger partial charge in [-0.25, -0.2) is 4.39 Å². The molecule has 6 nitrogen and oxygen atoms in total. The average molecular weight is 375 g/mol. The summed E-state index contributed by atoms with van der Waals surface area (Å²) >= 11 is 1.56. The summed E-state index contributed by atoms with van der Waals surface area (Å²) in [5.41, 5.74) is 0.797. The largest absolute Gasteiger partial charge is 0.494 e. The van der Waals surface area contributed by atoms with Gasteiger partial charge in [0, 0.05) is 24.5 Å². The van der Waals surface area contributed by atoms with Gasteiger partial charge in [-0.3, -0.25) is 4.79 Å². The van der Waals surface area contributed by atoms with E-state index in [1.807, 2.05) is 17.5 Å². The standard InChI is InChI=1S/C18H18FN3O3S/c1-22(2)17-15(18(23)20-10-12-5-4-8-26-12)16(25-21-17)11-6-7-13(19)14(9-11)24-3/h4-9H,10H2,1-3H3,(H,20,23). The van der Waals surface area contributed by atoms with Gasteiger partial charge in [0.25, 0.3) is 5.91 Å². The Hall–Kier alpha value is -2.87. The lowest BCUT2D eigenvalue weighted by atomic mass is 10.1.